The molecule has 0 saturated carbocycles. The van der Waals surface area contributed by atoms with Gasteiger partial charge in [-0.1, -0.05) is 64.7 Å². The summed E-state index contributed by atoms with van der Waals surface area (Å²) in [5.41, 5.74) is 0. The lowest BCUT2D eigenvalue weighted by atomic mass is 10.1. The average molecular weight is 285 g/mol. The highest BCUT2D eigenvalue weighted by molar-refractivity contribution is 4.64. The van der Waals surface area contributed by atoms with E-state index in [0.717, 1.165) is 32.9 Å². The summed E-state index contributed by atoms with van der Waals surface area (Å²) in [6.45, 7) is 6.61. The van der Waals surface area contributed by atoms with Gasteiger partial charge in [0, 0.05) is 6.54 Å². The van der Waals surface area contributed by atoms with Crippen molar-refractivity contribution < 1.29 is 9.47 Å². The van der Waals surface area contributed by atoms with Crippen LogP contribution in [0.4, 0.5) is 0 Å². The minimum absolute atomic E-state index is 0.270. The SMILES string of the molecule is CCCCCCCCCCCCNCC1COCCO1. The lowest BCUT2D eigenvalue weighted by molar-refractivity contribution is -0.0863. The molecule has 20 heavy (non-hydrogen) atoms. The van der Waals surface area contributed by atoms with Crippen molar-refractivity contribution in [1.82, 2.24) is 5.32 Å². The summed E-state index contributed by atoms with van der Waals surface area (Å²) in [5.74, 6) is 0. The van der Waals surface area contributed by atoms with E-state index in [9.17, 15) is 0 Å². The molecule has 1 aliphatic rings. The molecule has 0 amide bonds. The van der Waals surface area contributed by atoms with Gasteiger partial charge in [0.05, 0.1) is 25.9 Å². The van der Waals surface area contributed by atoms with Crippen LogP contribution in [0, 0.1) is 0 Å². The zero-order chi connectivity index (χ0) is 14.3. The Balaban J connectivity index is 1.70. The predicted molar refractivity (Wildman–Crippen MR) is 85.3 cm³/mol. The molecular weight excluding hydrogens is 250 g/mol. The van der Waals surface area contributed by atoms with Crippen LogP contribution in [0.15, 0.2) is 0 Å². The van der Waals surface area contributed by atoms with Gasteiger partial charge in [-0.15, -0.1) is 0 Å². The Morgan fingerprint density at radius 2 is 1.50 bits per heavy atom. The molecule has 0 aliphatic carbocycles. The van der Waals surface area contributed by atoms with Crippen LogP contribution in [-0.2, 0) is 9.47 Å². The first kappa shape index (κ1) is 17.9. The Kier molecular flexibility index (Phi) is 12.4. The van der Waals surface area contributed by atoms with Gasteiger partial charge < -0.3 is 14.8 Å². The van der Waals surface area contributed by atoms with E-state index in [2.05, 4.69) is 12.2 Å². The highest BCUT2D eigenvalue weighted by Gasteiger charge is 2.12. The molecule has 1 heterocycles. The molecule has 1 aliphatic heterocycles. The van der Waals surface area contributed by atoms with Gasteiger partial charge >= 0.3 is 0 Å². The number of hydrogen-bond acceptors (Lipinski definition) is 3. The molecular formula is C17H35NO2. The van der Waals surface area contributed by atoms with Crippen LogP contribution < -0.4 is 5.32 Å². The summed E-state index contributed by atoms with van der Waals surface area (Å²) in [4.78, 5) is 0. The molecule has 1 saturated heterocycles. The van der Waals surface area contributed by atoms with Gasteiger partial charge in [0.25, 0.3) is 0 Å². The molecule has 3 heteroatoms. The van der Waals surface area contributed by atoms with E-state index in [4.69, 9.17) is 9.47 Å². The van der Waals surface area contributed by atoms with Crippen molar-refractivity contribution >= 4 is 0 Å². The van der Waals surface area contributed by atoms with E-state index in [1.807, 2.05) is 0 Å². The van der Waals surface area contributed by atoms with E-state index in [1.54, 1.807) is 0 Å². The monoisotopic (exact) mass is 285 g/mol. The van der Waals surface area contributed by atoms with Crippen molar-refractivity contribution in [1.29, 1.82) is 0 Å². The summed E-state index contributed by atoms with van der Waals surface area (Å²) in [6.07, 6.45) is 14.3. The highest BCUT2D eigenvalue weighted by Crippen LogP contribution is 2.10. The molecule has 1 rings (SSSR count). The smallest absolute Gasteiger partial charge is 0.0933 e. The van der Waals surface area contributed by atoms with Crippen LogP contribution in [0.2, 0.25) is 0 Å². The number of rotatable bonds is 13. The number of unbranched alkanes of at least 4 members (excludes halogenated alkanes) is 9. The lowest BCUT2D eigenvalue weighted by Crippen LogP contribution is -2.37. The first-order valence-corrected chi connectivity index (χ1v) is 8.83. The fraction of sp³-hybridized carbons (Fsp3) is 1.00. The predicted octanol–water partition coefficient (Wildman–Crippen LogP) is 3.91. The average Bonchev–Trinajstić information content (AvgIpc) is 2.49. The summed E-state index contributed by atoms with van der Waals surface area (Å²) in [5, 5.41) is 3.48. The molecule has 0 aromatic rings. The molecule has 0 aromatic heterocycles. The Morgan fingerprint density at radius 3 is 2.10 bits per heavy atom. The van der Waals surface area contributed by atoms with Crippen molar-refractivity contribution in [2.75, 3.05) is 32.9 Å². The zero-order valence-corrected chi connectivity index (χ0v) is 13.5. The van der Waals surface area contributed by atoms with E-state index in [1.165, 1.54) is 64.2 Å². The van der Waals surface area contributed by atoms with Gasteiger partial charge in [-0.25, -0.2) is 0 Å². The molecule has 0 radical (unpaired) electrons. The second-order valence-corrected chi connectivity index (χ2v) is 5.95. The maximum absolute atomic E-state index is 5.59. The van der Waals surface area contributed by atoms with Gasteiger partial charge in [-0.2, -0.15) is 0 Å². The van der Waals surface area contributed by atoms with Gasteiger partial charge in [-0.05, 0) is 13.0 Å². The maximum atomic E-state index is 5.59. The fourth-order valence-electron chi connectivity index (χ4n) is 2.65. The summed E-state index contributed by atoms with van der Waals surface area (Å²) in [6, 6.07) is 0. The molecule has 1 atom stereocenters. The number of hydrogen-bond donors (Lipinski definition) is 1. The van der Waals surface area contributed by atoms with Gasteiger partial charge in [0.2, 0.25) is 0 Å². The van der Waals surface area contributed by atoms with Gasteiger partial charge in [0.1, 0.15) is 0 Å². The van der Waals surface area contributed by atoms with Crippen molar-refractivity contribution in [2.45, 2.75) is 77.2 Å². The van der Waals surface area contributed by atoms with E-state index in [0.29, 0.717) is 0 Å². The highest BCUT2D eigenvalue weighted by atomic mass is 16.6. The molecule has 0 aromatic carbocycles. The van der Waals surface area contributed by atoms with E-state index >= 15 is 0 Å². The largest absolute Gasteiger partial charge is 0.376 e. The third-order valence-corrected chi connectivity index (χ3v) is 3.96. The van der Waals surface area contributed by atoms with Crippen LogP contribution in [0.3, 0.4) is 0 Å². The number of ether oxygens (including phenoxy) is 2. The first-order chi connectivity index (χ1) is 9.93. The summed E-state index contributed by atoms with van der Waals surface area (Å²) in [7, 11) is 0. The summed E-state index contributed by atoms with van der Waals surface area (Å²) < 4.78 is 11.0. The topological polar surface area (TPSA) is 30.5 Å². The quantitative estimate of drug-likeness (QED) is 0.520. The molecule has 3 nitrogen and oxygen atoms in total. The Morgan fingerprint density at radius 1 is 0.850 bits per heavy atom. The van der Waals surface area contributed by atoms with Gasteiger partial charge in [0.15, 0.2) is 0 Å². The van der Waals surface area contributed by atoms with Gasteiger partial charge in [-0.3, -0.25) is 0 Å². The second-order valence-electron chi connectivity index (χ2n) is 5.95. The Bertz CT molecular complexity index is 193. The second kappa shape index (κ2) is 13.8. The lowest BCUT2D eigenvalue weighted by Gasteiger charge is -2.23. The zero-order valence-electron chi connectivity index (χ0n) is 13.5. The number of nitrogens with one attached hydrogen (secondary N) is 1. The van der Waals surface area contributed by atoms with Crippen molar-refractivity contribution in [2.24, 2.45) is 0 Å². The van der Waals surface area contributed by atoms with Crippen molar-refractivity contribution in [3.05, 3.63) is 0 Å². The first-order valence-electron chi connectivity index (χ1n) is 8.83. The molecule has 0 spiro atoms. The van der Waals surface area contributed by atoms with Crippen LogP contribution in [0.25, 0.3) is 0 Å². The maximum Gasteiger partial charge on any atom is 0.0933 e. The normalized spacial score (nSPS) is 19.4. The molecule has 1 unspecified atom stereocenters. The Labute approximate surface area is 125 Å². The van der Waals surface area contributed by atoms with E-state index in [-0.39, 0.29) is 6.10 Å². The Hall–Kier alpha value is -0.120. The van der Waals surface area contributed by atoms with Crippen LogP contribution in [0.5, 0.6) is 0 Å². The third-order valence-electron chi connectivity index (χ3n) is 3.96. The van der Waals surface area contributed by atoms with E-state index < -0.39 is 0 Å². The van der Waals surface area contributed by atoms with Crippen LogP contribution in [0.1, 0.15) is 71.1 Å². The standard InChI is InChI=1S/C17H35NO2/c1-2-3-4-5-6-7-8-9-10-11-12-18-15-17-16-19-13-14-20-17/h17-18H,2-16H2,1H3. The molecule has 1 N–H and O–H groups in total. The fourth-order valence-corrected chi connectivity index (χ4v) is 2.65. The van der Waals surface area contributed by atoms with Crippen molar-refractivity contribution in [3.63, 3.8) is 0 Å². The molecule has 1 fully saturated rings. The third kappa shape index (κ3) is 10.6. The summed E-state index contributed by atoms with van der Waals surface area (Å²) >= 11 is 0. The van der Waals surface area contributed by atoms with Crippen molar-refractivity contribution in [3.8, 4) is 0 Å². The van der Waals surface area contributed by atoms with Crippen LogP contribution in [-0.4, -0.2) is 39.0 Å². The molecule has 120 valence electrons. The minimum Gasteiger partial charge on any atom is -0.376 e. The minimum atomic E-state index is 0.270. The van der Waals surface area contributed by atoms with Crippen LogP contribution >= 0.6 is 0 Å². The molecule has 0 bridgehead atoms.